The second-order valence-corrected chi connectivity index (χ2v) is 9.61. The van der Waals surface area contributed by atoms with Crippen molar-refractivity contribution < 1.29 is 4.79 Å². The second-order valence-electron chi connectivity index (χ2n) is 9.61. The van der Waals surface area contributed by atoms with E-state index in [-0.39, 0.29) is 17.2 Å². The zero-order chi connectivity index (χ0) is 21.4. The van der Waals surface area contributed by atoms with Gasteiger partial charge in [0.05, 0.1) is 0 Å². The molecule has 2 heterocycles. The van der Waals surface area contributed by atoms with E-state index in [2.05, 4.69) is 76.5 Å². The van der Waals surface area contributed by atoms with Crippen molar-refractivity contribution in [1.82, 2.24) is 4.90 Å². The molecule has 0 bridgehead atoms. The molecule has 1 amide bonds. The number of likely N-dealkylation sites (tertiary alicyclic amines) is 1. The van der Waals surface area contributed by atoms with E-state index in [1.807, 2.05) is 13.8 Å². The van der Waals surface area contributed by atoms with Crippen LogP contribution in [0.25, 0.3) is 10.8 Å². The number of amides is 1. The monoisotopic (exact) mass is 412 g/mol. The molecule has 1 saturated heterocycles. The predicted octanol–water partition coefficient (Wildman–Crippen LogP) is 5.42. The molecule has 31 heavy (non-hydrogen) atoms. The minimum atomic E-state index is 0.0315. The number of carbonyl (C=O) groups excluding carboxylic acids is 1. The summed E-state index contributed by atoms with van der Waals surface area (Å²) in [6.45, 7) is 8.16. The molecule has 160 valence electrons. The number of nitrogens with zero attached hydrogens (tertiary/aromatic N) is 2. The molecule has 3 nitrogen and oxygen atoms in total. The Morgan fingerprint density at radius 2 is 1.65 bits per heavy atom. The first-order chi connectivity index (χ1) is 15.1. The van der Waals surface area contributed by atoms with Crippen LogP contribution in [0.4, 0.5) is 5.69 Å². The van der Waals surface area contributed by atoms with E-state index in [4.69, 9.17) is 0 Å². The average molecular weight is 413 g/mol. The van der Waals surface area contributed by atoms with Crippen LogP contribution in [0.2, 0.25) is 0 Å². The number of piperidine rings is 1. The Morgan fingerprint density at radius 1 is 0.935 bits per heavy atom. The lowest BCUT2D eigenvalue weighted by Crippen LogP contribution is -2.47. The zero-order valence-corrected chi connectivity index (χ0v) is 18.7. The Labute approximate surface area is 185 Å². The maximum absolute atomic E-state index is 12.9. The fourth-order valence-electron chi connectivity index (χ4n) is 5.56. The summed E-state index contributed by atoms with van der Waals surface area (Å²) in [4.78, 5) is 17.6. The molecule has 3 aromatic rings. The molecule has 0 aromatic heterocycles. The highest BCUT2D eigenvalue weighted by Crippen LogP contribution is 2.47. The van der Waals surface area contributed by atoms with Gasteiger partial charge >= 0.3 is 0 Å². The average Bonchev–Trinajstić information content (AvgIpc) is 3.12. The summed E-state index contributed by atoms with van der Waals surface area (Å²) in [5.74, 6) is 0.284. The van der Waals surface area contributed by atoms with Gasteiger partial charge < -0.3 is 9.80 Å². The fraction of sp³-hybridized carbons (Fsp3) is 0.393. The number of benzene rings is 3. The van der Waals surface area contributed by atoms with E-state index in [0.717, 1.165) is 51.1 Å². The van der Waals surface area contributed by atoms with Crippen molar-refractivity contribution in [3.8, 4) is 0 Å². The van der Waals surface area contributed by atoms with Gasteiger partial charge in [-0.2, -0.15) is 0 Å². The predicted molar refractivity (Wildman–Crippen MR) is 129 cm³/mol. The molecule has 0 aliphatic carbocycles. The zero-order valence-electron chi connectivity index (χ0n) is 18.7. The van der Waals surface area contributed by atoms with E-state index in [1.165, 1.54) is 21.9 Å². The normalized spacial score (nSPS) is 18.1. The quantitative estimate of drug-likeness (QED) is 0.571. The molecule has 3 heteroatoms. The number of hydrogen-bond donors (Lipinski definition) is 0. The summed E-state index contributed by atoms with van der Waals surface area (Å²) in [6, 6.07) is 23.9. The van der Waals surface area contributed by atoms with E-state index in [0.29, 0.717) is 0 Å². The van der Waals surface area contributed by atoms with Crippen LogP contribution in [0.5, 0.6) is 0 Å². The van der Waals surface area contributed by atoms with Crippen molar-refractivity contribution in [3.63, 3.8) is 0 Å². The molecule has 2 aliphatic rings. The molecule has 0 unspecified atom stereocenters. The summed E-state index contributed by atoms with van der Waals surface area (Å²) in [5, 5.41) is 2.71. The maximum Gasteiger partial charge on any atom is 0.229 e. The third-order valence-corrected chi connectivity index (χ3v) is 7.38. The van der Waals surface area contributed by atoms with E-state index in [1.54, 1.807) is 0 Å². The standard InChI is InChI=1S/C28H32N2O/c1-21(2)27(31)30-20-28(25-12-5-6-13-26(25)30)15-18-29(19-16-28)17-14-23-10-7-9-22-8-3-4-11-24(22)23/h3-13,21H,14-20H2,1-2H3. The minimum Gasteiger partial charge on any atom is -0.311 e. The van der Waals surface area contributed by atoms with Crippen LogP contribution in [0.15, 0.2) is 66.7 Å². The molecule has 2 aliphatic heterocycles. The lowest BCUT2D eigenvalue weighted by molar-refractivity contribution is -0.121. The summed E-state index contributed by atoms with van der Waals surface area (Å²) < 4.78 is 0. The van der Waals surface area contributed by atoms with E-state index < -0.39 is 0 Å². The Hall–Kier alpha value is -2.65. The molecule has 5 rings (SSSR count). The SMILES string of the molecule is CC(C)C(=O)N1CC2(CCN(CCc3cccc4ccccc34)CC2)c2ccccc21. The number of rotatable bonds is 4. The first-order valence-corrected chi connectivity index (χ1v) is 11.7. The third kappa shape index (κ3) is 3.65. The molecular formula is C28H32N2O. The summed E-state index contributed by atoms with van der Waals surface area (Å²) in [5.41, 5.74) is 4.10. The molecule has 0 radical (unpaired) electrons. The van der Waals surface area contributed by atoms with E-state index in [9.17, 15) is 4.79 Å². The largest absolute Gasteiger partial charge is 0.311 e. The smallest absolute Gasteiger partial charge is 0.229 e. The van der Waals surface area contributed by atoms with Crippen molar-refractivity contribution in [1.29, 1.82) is 0 Å². The Balaban J connectivity index is 1.28. The van der Waals surface area contributed by atoms with Crippen LogP contribution in [0.3, 0.4) is 0 Å². The highest BCUT2D eigenvalue weighted by atomic mass is 16.2. The molecule has 1 fully saturated rings. The van der Waals surface area contributed by atoms with Gasteiger partial charge in [-0.25, -0.2) is 0 Å². The van der Waals surface area contributed by atoms with Crippen molar-refractivity contribution in [2.24, 2.45) is 5.92 Å². The third-order valence-electron chi connectivity index (χ3n) is 7.38. The van der Waals surface area contributed by atoms with Crippen LogP contribution in [-0.2, 0) is 16.6 Å². The van der Waals surface area contributed by atoms with Crippen LogP contribution in [0.1, 0.15) is 37.8 Å². The van der Waals surface area contributed by atoms with Crippen molar-refractivity contribution in [3.05, 3.63) is 77.9 Å². The molecule has 0 atom stereocenters. The minimum absolute atomic E-state index is 0.0315. The van der Waals surface area contributed by atoms with Crippen molar-refractivity contribution >= 4 is 22.4 Å². The number of hydrogen-bond acceptors (Lipinski definition) is 2. The Kier molecular flexibility index (Phi) is 5.31. The number of para-hydroxylation sites is 1. The summed E-state index contributed by atoms with van der Waals surface area (Å²) in [6.07, 6.45) is 3.34. The highest BCUT2D eigenvalue weighted by Gasteiger charge is 2.46. The lowest BCUT2D eigenvalue weighted by atomic mass is 9.74. The number of anilines is 1. The number of carbonyl (C=O) groups is 1. The molecule has 1 spiro atoms. The second kappa shape index (κ2) is 8.12. The van der Waals surface area contributed by atoms with E-state index >= 15 is 0 Å². The topological polar surface area (TPSA) is 23.6 Å². The summed E-state index contributed by atoms with van der Waals surface area (Å²) in [7, 11) is 0. The van der Waals surface area contributed by atoms with Gasteiger partial charge in [-0.05, 0) is 60.3 Å². The Morgan fingerprint density at radius 3 is 2.45 bits per heavy atom. The number of fused-ring (bicyclic) bond motifs is 3. The Bertz CT molecular complexity index is 1090. The molecular weight excluding hydrogens is 380 g/mol. The first kappa shape index (κ1) is 20.3. The lowest BCUT2D eigenvalue weighted by Gasteiger charge is -2.40. The highest BCUT2D eigenvalue weighted by molar-refractivity contribution is 5.97. The maximum atomic E-state index is 12.9. The summed E-state index contributed by atoms with van der Waals surface area (Å²) >= 11 is 0. The van der Waals surface area contributed by atoms with Crippen molar-refractivity contribution in [2.45, 2.75) is 38.5 Å². The molecule has 3 aromatic carbocycles. The van der Waals surface area contributed by atoms with Gasteiger partial charge in [0.1, 0.15) is 0 Å². The fourth-order valence-corrected chi connectivity index (χ4v) is 5.56. The van der Waals surface area contributed by atoms with Crippen LogP contribution < -0.4 is 4.90 Å². The van der Waals surface area contributed by atoms with Crippen LogP contribution >= 0.6 is 0 Å². The molecule has 0 N–H and O–H groups in total. The van der Waals surface area contributed by atoms with Crippen molar-refractivity contribution in [2.75, 3.05) is 31.1 Å². The van der Waals surface area contributed by atoms with Gasteiger partial charge in [0, 0.05) is 30.1 Å². The van der Waals surface area contributed by atoms with Gasteiger partial charge in [0.15, 0.2) is 0 Å². The van der Waals surface area contributed by atoms with Gasteiger partial charge in [-0.1, -0.05) is 74.5 Å². The first-order valence-electron chi connectivity index (χ1n) is 11.7. The van der Waals surface area contributed by atoms with Gasteiger partial charge in [0.2, 0.25) is 5.91 Å². The van der Waals surface area contributed by atoms with Crippen LogP contribution in [-0.4, -0.2) is 37.0 Å². The van der Waals surface area contributed by atoms with Gasteiger partial charge in [-0.15, -0.1) is 0 Å². The van der Waals surface area contributed by atoms with Gasteiger partial charge in [0.25, 0.3) is 0 Å². The molecule has 0 saturated carbocycles. The van der Waals surface area contributed by atoms with Gasteiger partial charge in [-0.3, -0.25) is 4.79 Å². The van der Waals surface area contributed by atoms with Crippen LogP contribution in [0, 0.1) is 5.92 Å².